The molecule has 2 N–H and O–H groups in total. The van der Waals surface area contributed by atoms with Gasteiger partial charge in [-0.15, -0.1) is 0 Å². The van der Waals surface area contributed by atoms with Crippen molar-refractivity contribution in [3.05, 3.63) is 0 Å². The van der Waals surface area contributed by atoms with Crippen LogP contribution in [0.15, 0.2) is 0 Å². The van der Waals surface area contributed by atoms with Crippen LogP contribution in [0, 0.1) is 5.92 Å². The summed E-state index contributed by atoms with van der Waals surface area (Å²) in [5.41, 5.74) is -0.411. The number of likely N-dealkylation sites (tertiary alicyclic amines) is 1. The standard InChI is InChI=1S/C16H32N2O/c1-3-10-18-11-6-7-15(12-18)14(2)17-13-16(19)8-4-5-9-16/h14-15,17,19H,3-13H2,1-2H3. The first kappa shape index (κ1) is 15.3. The highest BCUT2D eigenvalue weighted by molar-refractivity contribution is 4.89. The minimum atomic E-state index is -0.411. The Morgan fingerprint density at radius 2 is 2.05 bits per heavy atom. The van der Waals surface area contributed by atoms with Gasteiger partial charge >= 0.3 is 0 Å². The van der Waals surface area contributed by atoms with Gasteiger partial charge in [-0.2, -0.15) is 0 Å². The molecule has 1 saturated heterocycles. The maximum absolute atomic E-state index is 10.4. The first-order valence-corrected chi connectivity index (χ1v) is 8.31. The van der Waals surface area contributed by atoms with E-state index in [1.54, 1.807) is 0 Å². The maximum atomic E-state index is 10.4. The molecular weight excluding hydrogens is 236 g/mol. The van der Waals surface area contributed by atoms with Gasteiger partial charge in [0.15, 0.2) is 0 Å². The largest absolute Gasteiger partial charge is 0.389 e. The molecule has 3 nitrogen and oxygen atoms in total. The fraction of sp³-hybridized carbons (Fsp3) is 1.00. The van der Waals surface area contributed by atoms with Crippen molar-refractivity contribution in [2.45, 2.75) is 70.4 Å². The molecule has 1 aliphatic carbocycles. The van der Waals surface area contributed by atoms with Crippen LogP contribution in [-0.2, 0) is 0 Å². The van der Waals surface area contributed by atoms with Crippen LogP contribution in [0.1, 0.15) is 58.8 Å². The van der Waals surface area contributed by atoms with E-state index >= 15 is 0 Å². The van der Waals surface area contributed by atoms with Gasteiger partial charge < -0.3 is 15.3 Å². The number of nitrogens with zero attached hydrogens (tertiary/aromatic N) is 1. The lowest BCUT2D eigenvalue weighted by Crippen LogP contribution is -2.48. The van der Waals surface area contributed by atoms with Crippen LogP contribution in [0.4, 0.5) is 0 Å². The van der Waals surface area contributed by atoms with Gasteiger partial charge in [0.2, 0.25) is 0 Å². The lowest BCUT2D eigenvalue weighted by molar-refractivity contribution is 0.0404. The SMILES string of the molecule is CCCN1CCCC(C(C)NCC2(O)CCCC2)C1. The first-order chi connectivity index (χ1) is 9.13. The van der Waals surface area contributed by atoms with Gasteiger partial charge in [-0.05, 0) is 58.0 Å². The zero-order chi connectivity index (χ0) is 13.7. The molecule has 0 spiro atoms. The van der Waals surface area contributed by atoms with E-state index in [9.17, 15) is 5.11 Å². The molecule has 2 aliphatic rings. The summed E-state index contributed by atoms with van der Waals surface area (Å²) in [7, 11) is 0. The number of aliphatic hydroxyl groups is 1. The van der Waals surface area contributed by atoms with Crippen LogP contribution in [0.2, 0.25) is 0 Å². The van der Waals surface area contributed by atoms with Crippen LogP contribution in [-0.4, -0.2) is 47.8 Å². The molecule has 0 aromatic carbocycles. The molecule has 1 aliphatic heterocycles. The second-order valence-corrected chi connectivity index (χ2v) is 6.80. The number of piperidine rings is 1. The Bertz CT molecular complexity index is 261. The van der Waals surface area contributed by atoms with Crippen LogP contribution in [0.3, 0.4) is 0 Å². The van der Waals surface area contributed by atoms with Crippen molar-refractivity contribution in [1.82, 2.24) is 10.2 Å². The molecule has 1 heterocycles. The second kappa shape index (κ2) is 7.05. The van der Waals surface area contributed by atoms with Crippen molar-refractivity contribution < 1.29 is 5.11 Å². The first-order valence-electron chi connectivity index (χ1n) is 8.31. The fourth-order valence-electron chi connectivity index (χ4n) is 3.75. The average Bonchev–Trinajstić information content (AvgIpc) is 2.84. The molecule has 0 amide bonds. The Hall–Kier alpha value is -0.120. The summed E-state index contributed by atoms with van der Waals surface area (Å²) in [6.45, 7) is 9.12. The Morgan fingerprint density at radius 1 is 1.32 bits per heavy atom. The van der Waals surface area contributed by atoms with Crippen molar-refractivity contribution in [3.63, 3.8) is 0 Å². The predicted molar refractivity (Wildman–Crippen MR) is 80.3 cm³/mol. The molecule has 2 unspecified atom stereocenters. The van der Waals surface area contributed by atoms with E-state index in [0.717, 1.165) is 25.3 Å². The number of nitrogens with one attached hydrogen (secondary N) is 1. The zero-order valence-corrected chi connectivity index (χ0v) is 12.8. The number of rotatable bonds is 6. The summed E-state index contributed by atoms with van der Waals surface area (Å²) in [6, 6.07) is 0.532. The monoisotopic (exact) mass is 268 g/mol. The lowest BCUT2D eigenvalue weighted by atomic mass is 9.90. The van der Waals surface area contributed by atoms with E-state index in [2.05, 4.69) is 24.1 Å². The zero-order valence-electron chi connectivity index (χ0n) is 12.8. The summed E-state index contributed by atoms with van der Waals surface area (Å²) in [6.07, 6.45) is 8.29. The molecule has 3 heteroatoms. The Morgan fingerprint density at radius 3 is 2.74 bits per heavy atom. The van der Waals surface area contributed by atoms with E-state index in [0.29, 0.717) is 6.04 Å². The van der Waals surface area contributed by atoms with Crippen molar-refractivity contribution >= 4 is 0 Å². The van der Waals surface area contributed by atoms with Crippen molar-refractivity contribution in [3.8, 4) is 0 Å². The van der Waals surface area contributed by atoms with Gasteiger partial charge in [-0.1, -0.05) is 19.8 Å². The topological polar surface area (TPSA) is 35.5 Å². The second-order valence-electron chi connectivity index (χ2n) is 6.80. The van der Waals surface area contributed by atoms with Crippen molar-refractivity contribution in [2.75, 3.05) is 26.2 Å². The summed E-state index contributed by atoms with van der Waals surface area (Å²) < 4.78 is 0. The Balaban J connectivity index is 1.74. The maximum Gasteiger partial charge on any atom is 0.0771 e. The van der Waals surface area contributed by atoms with Crippen molar-refractivity contribution in [1.29, 1.82) is 0 Å². The third-order valence-corrected chi connectivity index (χ3v) is 5.08. The minimum absolute atomic E-state index is 0.411. The van der Waals surface area contributed by atoms with E-state index in [1.807, 2.05) is 0 Å². The molecule has 2 fully saturated rings. The summed E-state index contributed by atoms with van der Waals surface area (Å²) in [5.74, 6) is 0.755. The van der Waals surface area contributed by atoms with Gasteiger partial charge in [0.25, 0.3) is 0 Å². The van der Waals surface area contributed by atoms with Crippen molar-refractivity contribution in [2.24, 2.45) is 5.92 Å². The van der Waals surface area contributed by atoms with Gasteiger partial charge in [0.1, 0.15) is 0 Å². The molecule has 0 aromatic heterocycles. The third-order valence-electron chi connectivity index (χ3n) is 5.08. The van der Waals surface area contributed by atoms with E-state index in [-0.39, 0.29) is 0 Å². The van der Waals surface area contributed by atoms with Crippen LogP contribution >= 0.6 is 0 Å². The molecule has 1 saturated carbocycles. The highest BCUT2D eigenvalue weighted by atomic mass is 16.3. The molecule has 2 rings (SSSR count). The summed E-state index contributed by atoms with van der Waals surface area (Å²) in [4.78, 5) is 2.61. The van der Waals surface area contributed by atoms with Crippen LogP contribution in [0.25, 0.3) is 0 Å². The van der Waals surface area contributed by atoms with Gasteiger partial charge in [0.05, 0.1) is 5.60 Å². The Labute approximate surface area is 118 Å². The molecule has 19 heavy (non-hydrogen) atoms. The predicted octanol–water partition coefficient (Wildman–Crippen LogP) is 2.39. The molecule has 0 aromatic rings. The fourth-order valence-corrected chi connectivity index (χ4v) is 3.75. The van der Waals surface area contributed by atoms with Gasteiger partial charge in [-0.25, -0.2) is 0 Å². The summed E-state index contributed by atoms with van der Waals surface area (Å²) in [5, 5.41) is 14.0. The quantitative estimate of drug-likeness (QED) is 0.776. The third kappa shape index (κ3) is 4.44. The van der Waals surface area contributed by atoms with Crippen LogP contribution < -0.4 is 5.32 Å². The number of hydrogen-bond acceptors (Lipinski definition) is 3. The molecule has 0 bridgehead atoms. The minimum Gasteiger partial charge on any atom is -0.389 e. The number of hydrogen-bond donors (Lipinski definition) is 2. The normalized spacial score (nSPS) is 29.5. The van der Waals surface area contributed by atoms with E-state index in [1.165, 1.54) is 51.7 Å². The van der Waals surface area contributed by atoms with Crippen LogP contribution in [0.5, 0.6) is 0 Å². The molecule has 112 valence electrons. The van der Waals surface area contributed by atoms with Gasteiger partial charge in [0, 0.05) is 19.1 Å². The van der Waals surface area contributed by atoms with Gasteiger partial charge in [-0.3, -0.25) is 0 Å². The smallest absolute Gasteiger partial charge is 0.0771 e. The van der Waals surface area contributed by atoms with E-state index in [4.69, 9.17) is 0 Å². The lowest BCUT2D eigenvalue weighted by Gasteiger charge is -2.37. The average molecular weight is 268 g/mol. The van der Waals surface area contributed by atoms with E-state index < -0.39 is 5.60 Å². The molecular formula is C16H32N2O. The highest BCUT2D eigenvalue weighted by Crippen LogP contribution is 2.29. The highest BCUT2D eigenvalue weighted by Gasteiger charge is 2.32. The molecule has 0 radical (unpaired) electrons. The molecule has 2 atom stereocenters. The summed E-state index contributed by atoms with van der Waals surface area (Å²) >= 11 is 0. The Kier molecular flexibility index (Phi) is 5.67.